The highest BCUT2D eigenvalue weighted by Crippen LogP contribution is 2.32. The number of rotatable bonds is 4. The molecule has 1 fully saturated rings. The third-order valence-corrected chi connectivity index (χ3v) is 4.39. The Morgan fingerprint density at radius 3 is 2.43 bits per heavy atom. The second-order valence-corrected chi connectivity index (χ2v) is 5.81. The van der Waals surface area contributed by atoms with Crippen molar-refractivity contribution in [3.05, 3.63) is 64.3 Å². The third-order valence-electron chi connectivity index (χ3n) is 4.39. The van der Waals surface area contributed by atoms with Crippen LogP contribution in [0.4, 0.5) is 11.5 Å². The van der Waals surface area contributed by atoms with Gasteiger partial charge in [-0.1, -0.05) is 30.3 Å². The van der Waals surface area contributed by atoms with Crippen LogP contribution in [0.5, 0.6) is 0 Å². The molecule has 6 heteroatoms. The van der Waals surface area contributed by atoms with E-state index in [2.05, 4.69) is 9.88 Å². The number of aromatic nitrogens is 1. The first kappa shape index (κ1) is 15.4. The zero-order chi connectivity index (χ0) is 16.2. The van der Waals surface area contributed by atoms with Crippen molar-refractivity contribution in [1.29, 1.82) is 0 Å². The van der Waals surface area contributed by atoms with E-state index < -0.39 is 11.0 Å². The molecule has 1 aliphatic rings. The Kier molecular flexibility index (Phi) is 4.52. The van der Waals surface area contributed by atoms with Crippen LogP contribution in [0.2, 0.25) is 0 Å². The van der Waals surface area contributed by atoms with Crippen molar-refractivity contribution in [2.75, 3.05) is 18.0 Å². The van der Waals surface area contributed by atoms with Gasteiger partial charge in [0, 0.05) is 19.2 Å². The molecule has 0 amide bonds. The smallest absolute Gasteiger partial charge is 0.287 e. The molecule has 0 bridgehead atoms. The van der Waals surface area contributed by atoms with Crippen LogP contribution in [0, 0.1) is 16.0 Å². The average Bonchev–Trinajstić information content (AvgIpc) is 2.62. The lowest BCUT2D eigenvalue weighted by molar-refractivity contribution is -0.385. The van der Waals surface area contributed by atoms with E-state index in [-0.39, 0.29) is 11.6 Å². The van der Waals surface area contributed by atoms with Gasteiger partial charge in [-0.2, -0.15) is 0 Å². The number of nitro groups is 1. The van der Waals surface area contributed by atoms with Crippen LogP contribution in [0.1, 0.15) is 24.5 Å². The molecule has 0 unspecified atom stereocenters. The number of anilines is 1. The molecule has 1 aliphatic heterocycles. The fourth-order valence-electron chi connectivity index (χ4n) is 3.04. The van der Waals surface area contributed by atoms with Gasteiger partial charge in [0.2, 0.25) is 0 Å². The van der Waals surface area contributed by atoms with Crippen molar-refractivity contribution in [1.82, 2.24) is 4.98 Å². The number of nitrogens with zero attached hydrogens (tertiary/aromatic N) is 3. The number of pyridine rings is 1. The summed E-state index contributed by atoms with van der Waals surface area (Å²) in [4.78, 5) is 16.5. The van der Waals surface area contributed by atoms with Crippen molar-refractivity contribution in [2.45, 2.75) is 18.9 Å². The van der Waals surface area contributed by atoms with Crippen LogP contribution >= 0.6 is 0 Å². The largest absolute Gasteiger partial charge is 0.388 e. The molecule has 0 spiro atoms. The fraction of sp³-hybridized carbons (Fsp3) is 0.353. The number of benzene rings is 1. The number of piperidine rings is 1. The topological polar surface area (TPSA) is 79.5 Å². The second-order valence-electron chi connectivity index (χ2n) is 5.81. The Labute approximate surface area is 134 Å². The fourth-order valence-corrected chi connectivity index (χ4v) is 3.04. The molecule has 1 saturated heterocycles. The Morgan fingerprint density at radius 2 is 1.87 bits per heavy atom. The molecule has 0 aliphatic carbocycles. The van der Waals surface area contributed by atoms with Gasteiger partial charge in [0.1, 0.15) is 12.0 Å². The first-order valence-electron chi connectivity index (χ1n) is 7.73. The van der Waals surface area contributed by atoms with Gasteiger partial charge in [-0.15, -0.1) is 0 Å². The summed E-state index contributed by atoms with van der Waals surface area (Å²) in [6.45, 7) is 1.58. The SMILES string of the molecule is O=[N+]([O-])c1ccc(N2CCC([C@H](O)c3ccccc3)CC2)nc1. The predicted molar refractivity (Wildman–Crippen MR) is 87.2 cm³/mol. The lowest BCUT2D eigenvalue weighted by atomic mass is 9.87. The summed E-state index contributed by atoms with van der Waals surface area (Å²) < 4.78 is 0. The maximum absolute atomic E-state index is 10.7. The molecule has 2 aromatic rings. The van der Waals surface area contributed by atoms with Crippen LogP contribution in [-0.4, -0.2) is 28.1 Å². The Balaban J connectivity index is 1.61. The highest BCUT2D eigenvalue weighted by Gasteiger charge is 2.26. The lowest BCUT2D eigenvalue weighted by Crippen LogP contribution is -2.36. The zero-order valence-corrected chi connectivity index (χ0v) is 12.7. The zero-order valence-electron chi connectivity index (χ0n) is 12.7. The summed E-state index contributed by atoms with van der Waals surface area (Å²) in [6.07, 6.45) is 2.59. The van der Waals surface area contributed by atoms with Gasteiger partial charge in [-0.25, -0.2) is 4.98 Å². The molecule has 1 aromatic heterocycles. The van der Waals surface area contributed by atoms with E-state index in [0.717, 1.165) is 37.3 Å². The van der Waals surface area contributed by atoms with E-state index in [1.54, 1.807) is 6.07 Å². The van der Waals surface area contributed by atoms with Crippen molar-refractivity contribution >= 4 is 11.5 Å². The maximum atomic E-state index is 10.7. The van der Waals surface area contributed by atoms with Gasteiger partial charge < -0.3 is 10.0 Å². The molecule has 0 radical (unpaired) electrons. The summed E-state index contributed by atoms with van der Waals surface area (Å²) in [5.41, 5.74) is 0.961. The minimum Gasteiger partial charge on any atom is -0.388 e. The van der Waals surface area contributed by atoms with Crippen molar-refractivity contribution in [3.63, 3.8) is 0 Å². The highest BCUT2D eigenvalue weighted by molar-refractivity contribution is 5.43. The van der Waals surface area contributed by atoms with Gasteiger partial charge in [0.25, 0.3) is 5.69 Å². The normalized spacial score (nSPS) is 17.0. The molecule has 3 rings (SSSR count). The van der Waals surface area contributed by atoms with E-state index in [4.69, 9.17) is 0 Å². The molecular formula is C17H19N3O3. The third kappa shape index (κ3) is 3.48. The Bertz CT molecular complexity index is 653. The van der Waals surface area contributed by atoms with Gasteiger partial charge in [0.15, 0.2) is 0 Å². The van der Waals surface area contributed by atoms with Crippen LogP contribution in [0.15, 0.2) is 48.7 Å². The quantitative estimate of drug-likeness (QED) is 0.693. The number of aliphatic hydroxyl groups is 1. The molecule has 2 heterocycles. The number of hydrogen-bond acceptors (Lipinski definition) is 5. The molecule has 6 nitrogen and oxygen atoms in total. The Hall–Kier alpha value is -2.47. The van der Waals surface area contributed by atoms with E-state index >= 15 is 0 Å². The van der Waals surface area contributed by atoms with Crippen molar-refractivity contribution in [2.24, 2.45) is 5.92 Å². The summed E-state index contributed by atoms with van der Waals surface area (Å²) in [7, 11) is 0. The first-order valence-corrected chi connectivity index (χ1v) is 7.73. The van der Waals surface area contributed by atoms with Gasteiger partial charge in [-0.3, -0.25) is 10.1 Å². The monoisotopic (exact) mass is 313 g/mol. The number of aliphatic hydroxyl groups excluding tert-OH is 1. The van der Waals surface area contributed by atoms with Crippen LogP contribution in [0.3, 0.4) is 0 Å². The van der Waals surface area contributed by atoms with E-state index in [1.165, 1.54) is 12.3 Å². The van der Waals surface area contributed by atoms with Gasteiger partial charge >= 0.3 is 0 Å². The van der Waals surface area contributed by atoms with Crippen molar-refractivity contribution < 1.29 is 10.0 Å². The molecule has 0 saturated carbocycles. The Morgan fingerprint density at radius 1 is 1.17 bits per heavy atom. The molecule has 1 atom stereocenters. The van der Waals surface area contributed by atoms with E-state index in [1.807, 2.05) is 30.3 Å². The molecular weight excluding hydrogens is 294 g/mol. The lowest BCUT2D eigenvalue weighted by Gasteiger charge is -2.35. The summed E-state index contributed by atoms with van der Waals surface area (Å²) >= 11 is 0. The number of hydrogen-bond donors (Lipinski definition) is 1. The molecule has 120 valence electrons. The predicted octanol–water partition coefficient (Wildman–Crippen LogP) is 2.94. The average molecular weight is 313 g/mol. The second kappa shape index (κ2) is 6.75. The molecule has 23 heavy (non-hydrogen) atoms. The van der Waals surface area contributed by atoms with E-state index in [9.17, 15) is 15.2 Å². The maximum Gasteiger partial charge on any atom is 0.287 e. The minimum absolute atomic E-state index is 0.00290. The van der Waals surface area contributed by atoms with E-state index in [0.29, 0.717) is 0 Å². The van der Waals surface area contributed by atoms with Gasteiger partial charge in [-0.05, 0) is 30.4 Å². The van der Waals surface area contributed by atoms with Gasteiger partial charge in [0.05, 0.1) is 11.0 Å². The van der Waals surface area contributed by atoms with Crippen LogP contribution < -0.4 is 4.90 Å². The summed E-state index contributed by atoms with van der Waals surface area (Å²) in [6, 6.07) is 12.9. The van der Waals surface area contributed by atoms with Crippen LogP contribution in [-0.2, 0) is 0 Å². The van der Waals surface area contributed by atoms with Crippen molar-refractivity contribution in [3.8, 4) is 0 Å². The minimum atomic E-state index is -0.445. The first-order chi connectivity index (χ1) is 11.1. The standard InChI is InChI=1S/C17H19N3O3/c21-17(13-4-2-1-3-5-13)14-8-10-19(11-9-14)16-7-6-15(12-18-16)20(22)23/h1-7,12,14,17,21H,8-11H2/t17-/m1/s1. The summed E-state index contributed by atoms with van der Waals surface area (Å²) in [5.74, 6) is 0.981. The van der Waals surface area contributed by atoms with Crippen LogP contribution in [0.25, 0.3) is 0 Å². The molecule has 1 aromatic carbocycles. The highest BCUT2D eigenvalue weighted by atomic mass is 16.6. The summed E-state index contributed by atoms with van der Waals surface area (Å²) in [5, 5.41) is 21.2. The molecule has 1 N–H and O–H groups in total.